The van der Waals surface area contributed by atoms with Crippen LogP contribution in [0.3, 0.4) is 0 Å². The fourth-order valence-electron chi connectivity index (χ4n) is 4.44. The van der Waals surface area contributed by atoms with Crippen molar-refractivity contribution in [1.29, 1.82) is 0 Å². The molecule has 21 heavy (non-hydrogen) atoms. The van der Waals surface area contributed by atoms with E-state index in [1.165, 1.54) is 51.5 Å². The Bertz CT molecular complexity index is 314. The molecule has 1 aliphatic heterocycles. The summed E-state index contributed by atoms with van der Waals surface area (Å²) in [6.45, 7) is 4.89. The maximum Gasteiger partial charge on any atom is 0.0623 e. The Kier molecular flexibility index (Phi) is 5.54. The summed E-state index contributed by atoms with van der Waals surface area (Å²) in [5.41, 5.74) is 0.527. The molecule has 3 rings (SSSR count). The van der Waals surface area contributed by atoms with Gasteiger partial charge in [0.2, 0.25) is 0 Å². The first kappa shape index (κ1) is 15.7. The molecule has 3 atom stereocenters. The quantitative estimate of drug-likeness (QED) is 0.753. The third kappa shape index (κ3) is 3.79. The van der Waals surface area contributed by atoms with Crippen LogP contribution in [0.5, 0.6) is 0 Å². The second kappa shape index (κ2) is 7.40. The standard InChI is InChI=1S/C17H32N2O2/c1-20-10-8-17(6-3-7-17)13-19-15-5-2-4-14(15)16-12-21-11-9-18-16/h14-16,18-19H,2-13H2,1H3. The van der Waals surface area contributed by atoms with Crippen LogP contribution >= 0.6 is 0 Å². The van der Waals surface area contributed by atoms with Gasteiger partial charge < -0.3 is 20.1 Å². The van der Waals surface area contributed by atoms with Crippen molar-refractivity contribution in [3.05, 3.63) is 0 Å². The predicted molar refractivity (Wildman–Crippen MR) is 84.5 cm³/mol. The van der Waals surface area contributed by atoms with Gasteiger partial charge in [-0.3, -0.25) is 0 Å². The highest BCUT2D eigenvalue weighted by molar-refractivity contribution is 4.95. The van der Waals surface area contributed by atoms with Gasteiger partial charge in [0.25, 0.3) is 0 Å². The maximum absolute atomic E-state index is 5.67. The first-order valence-electron chi connectivity index (χ1n) is 8.86. The van der Waals surface area contributed by atoms with E-state index in [-0.39, 0.29) is 0 Å². The highest BCUT2D eigenvalue weighted by atomic mass is 16.5. The van der Waals surface area contributed by atoms with E-state index in [4.69, 9.17) is 9.47 Å². The molecule has 122 valence electrons. The van der Waals surface area contributed by atoms with Crippen LogP contribution in [-0.2, 0) is 9.47 Å². The molecule has 2 saturated carbocycles. The summed E-state index contributed by atoms with van der Waals surface area (Å²) in [6, 6.07) is 1.25. The van der Waals surface area contributed by atoms with Gasteiger partial charge in [-0.15, -0.1) is 0 Å². The van der Waals surface area contributed by atoms with Crippen LogP contribution in [0.2, 0.25) is 0 Å². The van der Waals surface area contributed by atoms with Gasteiger partial charge in [0.15, 0.2) is 0 Å². The lowest BCUT2D eigenvalue weighted by Gasteiger charge is -2.44. The van der Waals surface area contributed by atoms with Crippen molar-refractivity contribution in [2.45, 2.75) is 57.0 Å². The molecule has 0 spiro atoms. The van der Waals surface area contributed by atoms with Crippen molar-refractivity contribution in [2.75, 3.05) is 40.0 Å². The summed E-state index contributed by atoms with van der Waals surface area (Å²) in [5, 5.41) is 7.59. The van der Waals surface area contributed by atoms with E-state index < -0.39 is 0 Å². The van der Waals surface area contributed by atoms with E-state index >= 15 is 0 Å². The summed E-state index contributed by atoms with van der Waals surface area (Å²) >= 11 is 0. The van der Waals surface area contributed by atoms with Crippen molar-refractivity contribution in [3.63, 3.8) is 0 Å². The van der Waals surface area contributed by atoms with Gasteiger partial charge in [-0.2, -0.15) is 0 Å². The van der Waals surface area contributed by atoms with Gasteiger partial charge in [0.1, 0.15) is 0 Å². The van der Waals surface area contributed by atoms with Crippen molar-refractivity contribution in [3.8, 4) is 0 Å². The molecule has 0 aromatic rings. The third-order valence-electron chi connectivity index (χ3n) is 6.03. The summed E-state index contributed by atoms with van der Waals surface area (Å²) in [6.07, 6.45) is 9.44. The van der Waals surface area contributed by atoms with Crippen LogP contribution in [0.4, 0.5) is 0 Å². The molecule has 0 aromatic heterocycles. The van der Waals surface area contributed by atoms with E-state index in [0.717, 1.165) is 32.3 Å². The Labute approximate surface area is 129 Å². The van der Waals surface area contributed by atoms with Crippen LogP contribution < -0.4 is 10.6 Å². The summed E-state index contributed by atoms with van der Waals surface area (Å²) in [4.78, 5) is 0. The van der Waals surface area contributed by atoms with Gasteiger partial charge in [-0.25, -0.2) is 0 Å². The second-order valence-electron chi connectivity index (χ2n) is 7.31. The zero-order valence-corrected chi connectivity index (χ0v) is 13.5. The normalized spacial score (nSPS) is 35.6. The Hall–Kier alpha value is -0.160. The lowest BCUT2D eigenvalue weighted by atomic mass is 9.66. The van der Waals surface area contributed by atoms with Crippen molar-refractivity contribution in [2.24, 2.45) is 11.3 Å². The zero-order chi connectivity index (χ0) is 14.5. The molecule has 4 nitrogen and oxygen atoms in total. The summed E-state index contributed by atoms with van der Waals surface area (Å²) in [5.74, 6) is 0.754. The first-order valence-corrected chi connectivity index (χ1v) is 8.86. The van der Waals surface area contributed by atoms with E-state index in [2.05, 4.69) is 10.6 Å². The van der Waals surface area contributed by atoms with E-state index in [0.29, 0.717) is 17.5 Å². The third-order valence-corrected chi connectivity index (χ3v) is 6.03. The second-order valence-corrected chi connectivity index (χ2v) is 7.31. The number of methoxy groups -OCH3 is 1. The number of hydrogen-bond donors (Lipinski definition) is 2. The van der Waals surface area contributed by atoms with Crippen molar-refractivity contribution < 1.29 is 9.47 Å². The Morgan fingerprint density at radius 3 is 2.86 bits per heavy atom. The van der Waals surface area contributed by atoms with Gasteiger partial charge >= 0.3 is 0 Å². The number of rotatable bonds is 7. The molecule has 3 unspecified atom stereocenters. The van der Waals surface area contributed by atoms with Gasteiger partial charge in [0.05, 0.1) is 13.2 Å². The monoisotopic (exact) mass is 296 g/mol. The highest BCUT2D eigenvalue weighted by Crippen LogP contribution is 2.44. The molecule has 3 aliphatic rings. The molecule has 0 aromatic carbocycles. The average Bonchev–Trinajstić information content (AvgIpc) is 2.95. The topological polar surface area (TPSA) is 42.5 Å². The first-order chi connectivity index (χ1) is 10.3. The molecular formula is C17H32N2O2. The molecule has 0 bridgehead atoms. The van der Waals surface area contributed by atoms with Crippen LogP contribution in [-0.4, -0.2) is 52.1 Å². The zero-order valence-electron chi connectivity index (χ0n) is 13.5. The minimum Gasteiger partial charge on any atom is -0.385 e. The molecular weight excluding hydrogens is 264 g/mol. The van der Waals surface area contributed by atoms with Gasteiger partial charge in [0, 0.05) is 38.9 Å². The highest BCUT2D eigenvalue weighted by Gasteiger charge is 2.39. The molecule has 3 fully saturated rings. The maximum atomic E-state index is 5.67. The molecule has 0 radical (unpaired) electrons. The molecule has 0 amide bonds. The van der Waals surface area contributed by atoms with E-state index in [9.17, 15) is 0 Å². The van der Waals surface area contributed by atoms with Crippen LogP contribution in [0.15, 0.2) is 0 Å². The van der Waals surface area contributed by atoms with Crippen LogP contribution in [0.1, 0.15) is 44.9 Å². The molecule has 2 N–H and O–H groups in total. The Morgan fingerprint density at radius 1 is 1.29 bits per heavy atom. The minimum absolute atomic E-state index is 0.527. The van der Waals surface area contributed by atoms with E-state index in [1.807, 2.05) is 7.11 Å². The average molecular weight is 296 g/mol. The predicted octanol–water partition coefficient (Wildman–Crippen LogP) is 1.94. The summed E-state index contributed by atoms with van der Waals surface area (Å²) in [7, 11) is 1.82. The fraction of sp³-hybridized carbons (Fsp3) is 1.00. The number of morpholine rings is 1. The largest absolute Gasteiger partial charge is 0.385 e. The summed E-state index contributed by atoms with van der Waals surface area (Å²) < 4.78 is 11.0. The smallest absolute Gasteiger partial charge is 0.0623 e. The number of nitrogens with one attached hydrogen (secondary N) is 2. The van der Waals surface area contributed by atoms with Crippen molar-refractivity contribution >= 4 is 0 Å². The molecule has 1 heterocycles. The van der Waals surface area contributed by atoms with Gasteiger partial charge in [-0.1, -0.05) is 12.8 Å². The minimum atomic E-state index is 0.527. The lowest BCUT2D eigenvalue weighted by Crippen LogP contribution is -2.52. The van der Waals surface area contributed by atoms with Gasteiger partial charge in [-0.05, 0) is 43.4 Å². The molecule has 4 heteroatoms. The lowest BCUT2D eigenvalue weighted by molar-refractivity contribution is 0.0442. The van der Waals surface area contributed by atoms with Crippen LogP contribution in [0.25, 0.3) is 0 Å². The fourth-order valence-corrected chi connectivity index (χ4v) is 4.44. The van der Waals surface area contributed by atoms with E-state index in [1.54, 1.807) is 0 Å². The SMILES string of the molecule is COCCC1(CNC2CCCC2C2COCCN2)CCC1. The van der Waals surface area contributed by atoms with Crippen molar-refractivity contribution in [1.82, 2.24) is 10.6 Å². The Morgan fingerprint density at radius 2 is 2.19 bits per heavy atom. The number of ether oxygens (including phenoxy) is 2. The number of hydrogen-bond acceptors (Lipinski definition) is 4. The van der Waals surface area contributed by atoms with Crippen LogP contribution in [0, 0.1) is 11.3 Å². The molecule has 2 aliphatic carbocycles. The Balaban J connectivity index is 1.49. The molecule has 1 saturated heterocycles.